The maximum Gasteiger partial charge on any atom is 0.223 e. The summed E-state index contributed by atoms with van der Waals surface area (Å²) in [5.74, 6) is 6.46. The zero-order valence-electron chi connectivity index (χ0n) is 10.7. The highest BCUT2D eigenvalue weighted by Crippen LogP contribution is 2.12. The van der Waals surface area contributed by atoms with Crippen LogP contribution in [0.15, 0.2) is 12.5 Å². The molecule has 98 valence electrons. The number of carbonyl (C=O) groups is 1. The Morgan fingerprint density at radius 1 is 1.56 bits per heavy atom. The molecule has 0 saturated carbocycles. The van der Waals surface area contributed by atoms with Crippen LogP contribution in [0.1, 0.15) is 25.5 Å². The van der Waals surface area contributed by atoms with E-state index < -0.39 is 0 Å². The smallest absolute Gasteiger partial charge is 0.223 e. The van der Waals surface area contributed by atoms with Crippen molar-refractivity contribution >= 4 is 22.9 Å². The van der Waals surface area contributed by atoms with Gasteiger partial charge in [0, 0.05) is 24.9 Å². The number of hydrogen-bond donors (Lipinski definition) is 0. The van der Waals surface area contributed by atoms with E-state index in [1.807, 2.05) is 29.5 Å². The highest BCUT2D eigenvalue weighted by Gasteiger charge is 2.23. The summed E-state index contributed by atoms with van der Waals surface area (Å²) in [5.41, 5.74) is 1.10. The quantitative estimate of drug-likeness (QED) is 0.781. The molecule has 1 atom stereocenters. The van der Waals surface area contributed by atoms with Crippen LogP contribution in [0.2, 0.25) is 0 Å². The Bertz CT molecular complexity index is 472. The number of nitrogens with zero attached hydrogens (tertiary/aromatic N) is 3. The molecule has 2 rings (SSSR count). The summed E-state index contributed by atoms with van der Waals surface area (Å²) in [5, 5.41) is 0. The van der Waals surface area contributed by atoms with Crippen molar-refractivity contribution in [1.29, 1.82) is 0 Å². The van der Waals surface area contributed by atoms with Gasteiger partial charge >= 0.3 is 0 Å². The van der Waals surface area contributed by atoms with Gasteiger partial charge in [-0.1, -0.05) is 11.8 Å². The Kier molecular flexibility index (Phi) is 5.42. The van der Waals surface area contributed by atoms with Crippen molar-refractivity contribution in [3.8, 4) is 11.8 Å². The maximum absolute atomic E-state index is 11.5. The SMILES string of the molecule is Br.Cc1cncn1CC#CC(C)N1CCCC1=O. The molecule has 0 radical (unpaired) electrons. The van der Waals surface area contributed by atoms with Gasteiger partial charge in [-0.3, -0.25) is 4.79 Å². The lowest BCUT2D eigenvalue weighted by Crippen LogP contribution is -2.32. The first-order valence-electron chi connectivity index (χ1n) is 5.93. The summed E-state index contributed by atoms with van der Waals surface area (Å²) in [6, 6.07) is 0.0221. The minimum atomic E-state index is 0. The van der Waals surface area contributed by atoms with Gasteiger partial charge in [0.1, 0.15) is 0 Å². The van der Waals surface area contributed by atoms with Gasteiger partial charge in [0.15, 0.2) is 0 Å². The normalized spacial score (nSPS) is 15.9. The van der Waals surface area contributed by atoms with Gasteiger partial charge in [-0.2, -0.15) is 0 Å². The topological polar surface area (TPSA) is 38.1 Å². The second-order valence-electron chi connectivity index (χ2n) is 4.35. The number of aromatic nitrogens is 2. The number of rotatable bonds is 2. The number of halogens is 1. The van der Waals surface area contributed by atoms with Crippen LogP contribution in [0.3, 0.4) is 0 Å². The van der Waals surface area contributed by atoms with Crippen LogP contribution in [0.25, 0.3) is 0 Å². The first kappa shape index (κ1) is 14.8. The molecular weight excluding hydrogens is 294 g/mol. The number of aryl methyl sites for hydroxylation is 1. The molecule has 1 unspecified atom stereocenters. The van der Waals surface area contributed by atoms with Crippen LogP contribution in [0.5, 0.6) is 0 Å². The zero-order valence-corrected chi connectivity index (χ0v) is 12.4. The third-order valence-corrected chi connectivity index (χ3v) is 3.06. The monoisotopic (exact) mass is 311 g/mol. The van der Waals surface area contributed by atoms with Crippen LogP contribution in [-0.2, 0) is 11.3 Å². The Hall–Kier alpha value is -1.28. The molecule has 1 aromatic rings. The lowest BCUT2D eigenvalue weighted by Gasteiger charge is -2.18. The van der Waals surface area contributed by atoms with Crippen molar-refractivity contribution < 1.29 is 4.79 Å². The molecule has 2 heterocycles. The summed E-state index contributed by atoms with van der Waals surface area (Å²) in [7, 11) is 0. The summed E-state index contributed by atoms with van der Waals surface area (Å²) in [6.07, 6.45) is 5.23. The molecule has 1 fully saturated rings. The Morgan fingerprint density at radius 3 is 2.89 bits per heavy atom. The first-order chi connectivity index (χ1) is 8.18. The lowest BCUT2D eigenvalue weighted by molar-refractivity contribution is -0.128. The average molecular weight is 312 g/mol. The number of hydrogen-bond acceptors (Lipinski definition) is 2. The van der Waals surface area contributed by atoms with E-state index >= 15 is 0 Å². The molecule has 4 nitrogen and oxygen atoms in total. The third kappa shape index (κ3) is 3.36. The largest absolute Gasteiger partial charge is 0.329 e. The number of carbonyl (C=O) groups excluding carboxylic acids is 1. The Morgan fingerprint density at radius 2 is 2.33 bits per heavy atom. The van der Waals surface area contributed by atoms with Crippen molar-refractivity contribution in [3.05, 3.63) is 18.2 Å². The molecule has 1 aliphatic heterocycles. The van der Waals surface area contributed by atoms with Crippen LogP contribution < -0.4 is 0 Å². The number of likely N-dealkylation sites (tertiary alicyclic amines) is 1. The van der Waals surface area contributed by atoms with Gasteiger partial charge in [0.2, 0.25) is 5.91 Å². The molecule has 5 heteroatoms. The maximum atomic E-state index is 11.5. The van der Waals surface area contributed by atoms with Gasteiger partial charge in [-0.25, -0.2) is 4.98 Å². The van der Waals surface area contributed by atoms with Crippen LogP contribution in [-0.4, -0.2) is 32.9 Å². The van der Waals surface area contributed by atoms with E-state index in [-0.39, 0.29) is 28.9 Å². The fraction of sp³-hybridized carbons (Fsp3) is 0.538. The molecule has 18 heavy (non-hydrogen) atoms. The Labute approximate surface area is 118 Å². The molecule has 0 spiro atoms. The lowest BCUT2D eigenvalue weighted by atomic mass is 10.3. The highest BCUT2D eigenvalue weighted by molar-refractivity contribution is 8.93. The number of imidazole rings is 1. The van der Waals surface area contributed by atoms with Gasteiger partial charge in [0.25, 0.3) is 0 Å². The molecular formula is C13H18BrN3O. The third-order valence-electron chi connectivity index (χ3n) is 3.06. The van der Waals surface area contributed by atoms with Gasteiger partial charge in [-0.05, 0) is 20.3 Å². The molecule has 1 aliphatic rings. The average Bonchev–Trinajstić information content (AvgIpc) is 2.88. The van der Waals surface area contributed by atoms with E-state index in [2.05, 4.69) is 16.8 Å². The van der Waals surface area contributed by atoms with E-state index in [1.54, 1.807) is 6.33 Å². The van der Waals surface area contributed by atoms with Crippen LogP contribution in [0, 0.1) is 18.8 Å². The zero-order chi connectivity index (χ0) is 12.3. The minimum Gasteiger partial charge on any atom is -0.329 e. The van der Waals surface area contributed by atoms with Crippen molar-refractivity contribution in [2.24, 2.45) is 0 Å². The van der Waals surface area contributed by atoms with Crippen LogP contribution >= 0.6 is 17.0 Å². The second-order valence-corrected chi connectivity index (χ2v) is 4.35. The van der Waals surface area contributed by atoms with Gasteiger partial charge < -0.3 is 9.47 Å². The van der Waals surface area contributed by atoms with E-state index in [1.165, 1.54) is 0 Å². The summed E-state index contributed by atoms with van der Waals surface area (Å²) >= 11 is 0. The predicted molar refractivity (Wildman–Crippen MR) is 75.5 cm³/mol. The standard InChI is InChI=1S/C13H17N3O.BrH/c1-11(16-8-4-6-13(16)17)5-3-7-15-10-14-9-12(15)2;/h9-11H,4,6-8H2,1-2H3;1H. The fourth-order valence-corrected chi connectivity index (χ4v) is 1.99. The summed E-state index contributed by atoms with van der Waals surface area (Å²) in [4.78, 5) is 17.4. The molecule has 1 aromatic heterocycles. The minimum absolute atomic E-state index is 0. The summed E-state index contributed by atoms with van der Waals surface area (Å²) < 4.78 is 1.99. The molecule has 0 bridgehead atoms. The van der Waals surface area contributed by atoms with Crippen molar-refractivity contribution in [1.82, 2.24) is 14.5 Å². The molecule has 1 amide bonds. The number of amides is 1. The van der Waals surface area contributed by atoms with E-state index in [0.717, 1.165) is 18.7 Å². The summed E-state index contributed by atoms with van der Waals surface area (Å²) in [6.45, 7) is 5.47. The molecule has 0 aromatic carbocycles. The first-order valence-corrected chi connectivity index (χ1v) is 5.93. The van der Waals surface area contributed by atoms with E-state index in [4.69, 9.17) is 0 Å². The van der Waals surface area contributed by atoms with Crippen molar-refractivity contribution in [2.75, 3.05) is 6.54 Å². The van der Waals surface area contributed by atoms with Crippen LogP contribution in [0.4, 0.5) is 0 Å². The highest BCUT2D eigenvalue weighted by atomic mass is 79.9. The Balaban J connectivity index is 0.00000162. The van der Waals surface area contributed by atoms with Crippen molar-refractivity contribution in [2.45, 2.75) is 39.3 Å². The van der Waals surface area contributed by atoms with Crippen molar-refractivity contribution in [3.63, 3.8) is 0 Å². The predicted octanol–water partition coefficient (Wildman–Crippen LogP) is 1.78. The van der Waals surface area contributed by atoms with E-state index in [0.29, 0.717) is 13.0 Å². The molecule has 1 saturated heterocycles. The molecule has 0 N–H and O–H groups in total. The fourth-order valence-electron chi connectivity index (χ4n) is 1.99. The van der Waals surface area contributed by atoms with Gasteiger partial charge in [-0.15, -0.1) is 17.0 Å². The second kappa shape index (κ2) is 6.60. The van der Waals surface area contributed by atoms with E-state index in [9.17, 15) is 4.79 Å². The van der Waals surface area contributed by atoms with Gasteiger partial charge in [0.05, 0.1) is 18.9 Å². The molecule has 0 aliphatic carbocycles.